The van der Waals surface area contributed by atoms with Crippen LogP contribution in [-0.2, 0) is 0 Å². The van der Waals surface area contributed by atoms with E-state index >= 15 is 0 Å². The Labute approximate surface area is 81.5 Å². The molecule has 0 aromatic heterocycles. The van der Waals surface area contributed by atoms with E-state index in [9.17, 15) is 0 Å². The quantitative estimate of drug-likeness (QED) is 0.630. The standard InChI is InChI=1S/C12H21N/c1-2-10(3-1)11-6-8-13(9-7-11)12-4-5-12/h10-12H,1-9H2. The molecule has 13 heavy (non-hydrogen) atoms. The van der Waals surface area contributed by atoms with Crippen LogP contribution in [-0.4, -0.2) is 24.0 Å². The van der Waals surface area contributed by atoms with E-state index in [2.05, 4.69) is 4.90 Å². The molecule has 74 valence electrons. The van der Waals surface area contributed by atoms with E-state index in [0.717, 1.165) is 17.9 Å². The molecule has 1 heterocycles. The van der Waals surface area contributed by atoms with Crippen molar-refractivity contribution in [3.05, 3.63) is 0 Å². The zero-order chi connectivity index (χ0) is 8.67. The van der Waals surface area contributed by atoms with Gasteiger partial charge in [0.2, 0.25) is 0 Å². The van der Waals surface area contributed by atoms with Crippen LogP contribution >= 0.6 is 0 Å². The summed E-state index contributed by atoms with van der Waals surface area (Å²) in [5.41, 5.74) is 0. The second kappa shape index (κ2) is 3.27. The predicted molar refractivity (Wildman–Crippen MR) is 54.7 cm³/mol. The summed E-state index contributed by atoms with van der Waals surface area (Å²) < 4.78 is 0. The zero-order valence-corrected chi connectivity index (χ0v) is 8.54. The smallest absolute Gasteiger partial charge is 0.00964 e. The van der Waals surface area contributed by atoms with Crippen LogP contribution in [0.1, 0.15) is 44.9 Å². The maximum Gasteiger partial charge on any atom is 0.00964 e. The zero-order valence-electron chi connectivity index (χ0n) is 8.54. The molecule has 3 aliphatic rings. The Bertz CT molecular complexity index is 174. The first-order valence-electron chi connectivity index (χ1n) is 6.17. The van der Waals surface area contributed by atoms with Crippen molar-refractivity contribution >= 4 is 0 Å². The van der Waals surface area contributed by atoms with E-state index < -0.39 is 0 Å². The highest BCUT2D eigenvalue weighted by Gasteiger charge is 2.35. The average Bonchev–Trinajstić information content (AvgIpc) is 2.85. The molecule has 0 aromatic carbocycles. The van der Waals surface area contributed by atoms with Crippen molar-refractivity contribution in [3.63, 3.8) is 0 Å². The molecule has 1 aliphatic heterocycles. The van der Waals surface area contributed by atoms with Gasteiger partial charge in [0.25, 0.3) is 0 Å². The molecule has 3 fully saturated rings. The summed E-state index contributed by atoms with van der Waals surface area (Å²) in [5.74, 6) is 2.25. The third-order valence-electron chi connectivity index (χ3n) is 4.45. The van der Waals surface area contributed by atoms with E-state index in [-0.39, 0.29) is 0 Å². The minimum Gasteiger partial charge on any atom is -0.300 e. The molecule has 0 amide bonds. The van der Waals surface area contributed by atoms with Gasteiger partial charge in [0.15, 0.2) is 0 Å². The van der Waals surface area contributed by atoms with E-state index in [1.165, 1.54) is 45.2 Å². The summed E-state index contributed by atoms with van der Waals surface area (Å²) in [6.07, 6.45) is 10.6. The molecule has 0 N–H and O–H groups in total. The monoisotopic (exact) mass is 179 g/mol. The van der Waals surface area contributed by atoms with Gasteiger partial charge in [-0.25, -0.2) is 0 Å². The number of nitrogens with zero attached hydrogens (tertiary/aromatic N) is 1. The molecule has 3 rings (SSSR count). The van der Waals surface area contributed by atoms with Gasteiger partial charge in [-0.2, -0.15) is 0 Å². The van der Waals surface area contributed by atoms with Crippen LogP contribution in [0.3, 0.4) is 0 Å². The molecule has 1 saturated heterocycles. The van der Waals surface area contributed by atoms with Gasteiger partial charge in [-0.3, -0.25) is 0 Å². The first-order chi connectivity index (χ1) is 6.43. The van der Waals surface area contributed by atoms with Gasteiger partial charge >= 0.3 is 0 Å². The molecule has 0 radical (unpaired) electrons. The molecule has 1 heteroatoms. The summed E-state index contributed by atoms with van der Waals surface area (Å²) in [6, 6.07) is 1.02. The first kappa shape index (κ1) is 8.28. The van der Waals surface area contributed by atoms with Crippen LogP contribution in [0.15, 0.2) is 0 Å². The van der Waals surface area contributed by atoms with Crippen LogP contribution in [0.25, 0.3) is 0 Å². The fraction of sp³-hybridized carbons (Fsp3) is 1.00. The number of rotatable bonds is 2. The van der Waals surface area contributed by atoms with Crippen LogP contribution in [0.4, 0.5) is 0 Å². The van der Waals surface area contributed by atoms with Crippen LogP contribution in [0.5, 0.6) is 0 Å². The number of hydrogen-bond donors (Lipinski definition) is 0. The third kappa shape index (κ3) is 1.63. The SMILES string of the molecule is C1CC(C2CCN(C3CC3)CC2)C1. The lowest BCUT2D eigenvalue weighted by atomic mass is 9.72. The highest BCUT2D eigenvalue weighted by molar-refractivity contribution is 4.89. The fourth-order valence-corrected chi connectivity index (χ4v) is 3.11. The Balaban J connectivity index is 1.48. The molecular formula is C12H21N. The number of hydrogen-bond acceptors (Lipinski definition) is 1. The second-order valence-corrected chi connectivity index (χ2v) is 5.30. The normalized spacial score (nSPS) is 33.2. The van der Waals surface area contributed by atoms with Crippen molar-refractivity contribution in [1.82, 2.24) is 4.90 Å². The van der Waals surface area contributed by atoms with Gasteiger partial charge in [0, 0.05) is 6.04 Å². The Kier molecular flexibility index (Phi) is 2.08. The number of piperidine rings is 1. The number of likely N-dealkylation sites (tertiary alicyclic amines) is 1. The highest BCUT2D eigenvalue weighted by atomic mass is 15.2. The lowest BCUT2D eigenvalue weighted by Crippen LogP contribution is -2.38. The van der Waals surface area contributed by atoms with Crippen molar-refractivity contribution in [2.75, 3.05) is 13.1 Å². The third-order valence-corrected chi connectivity index (χ3v) is 4.45. The van der Waals surface area contributed by atoms with Gasteiger partial charge in [-0.05, 0) is 50.6 Å². The summed E-state index contributed by atoms with van der Waals surface area (Å²) >= 11 is 0. The maximum absolute atomic E-state index is 2.75. The highest BCUT2D eigenvalue weighted by Crippen LogP contribution is 2.40. The predicted octanol–water partition coefficient (Wildman–Crippen LogP) is 2.66. The average molecular weight is 179 g/mol. The first-order valence-corrected chi connectivity index (χ1v) is 6.17. The summed E-state index contributed by atoms with van der Waals surface area (Å²) in [4.78, 5) is 2.75. The summed E-state index contributed by atoms with van der Waals surface area (Å²) in [7, 11) is 0. The molecule has 0 bridgehead atoms. The van der Waals surface area contributed by atoms with Crippen molar-refractivity contribution in [3.8, 4) is 0 Å². The van der Waals surface area contributed by atoms with Crippen LogP contribution in [0.2, 0.25) is 0 Å². The van der Waals surface area contributed by atoms with Crippen LogP contribution in [0, 0.1) is 11.8 Å². The van der Waals surface area contributed by atoms with E-state index in [1.54, 1.807) is 12.8 Å². The lowest BCUT2D eigenvalue weighted by Gasteiger charge is -2.40. The van der Waals surface area contributed by atoms with Gasteiger partial charge < -0.3 is 4.90 Å². The molecule has 2 aliphatic carbocycles. The molecule has 2 saturated carbocycles. The van der Waals surface area contributed by atoms with Crippen molar-refractivity contribution in [2.24, 2.45) is 11.8 Å². The van der Waals surface area contributed by atoms with Gasteiger partial charge in [-0.1, -0.05) is 19.3 Å². The Morgan fingerprint density at radius 1 is 0.692 bits per heavy atom. The lowest BCUT2D eigenvalue weighted by molar-refractivity contribution is 0.103. The minimum absolute atomic E-state index is 1.02. The van der Waals surface area contributed by atoms with Crippen molar-refractivity contribution in [1.29, 1.82) is 0 Å². The Morgan fingerprint density at radius 2 is 1.31 bits per heavy atom. The molecule has 0 spiro atoms. The Hall–Kier alpha value is -0.0400. The molecule has 0 unspecified atom stereocenters. The van der Waals surface area contributed by atoms with Crippen molar-refractivity contribution < 1.29 is 0 Å². The second-order valence-electron chi connectivity index (χ2n) is 5.30. The maximum atomic E-state index is 2.75. The molecular weight excluding hydrogens is 158 g/mol. The van der Waals surface area contributed by atoms with Crippen LogP contribution < -0.4 is 0 Å². The molecule has 0 atom stereocenters. The molecule has 0 aromatic rings. The van der Waals surface area contributed by atoms with Gasteiger partial charge in [-0.15, -0.1) is 0 Å². The van der Waals surface area contributed by atoms with Crippen molar-refractivity contribution in [2.45, 2.75) is 51.0 Å². The van der Waals surface area contributed by atoms with E-state index in [4.69, 9.17) is 0 Å². The summed E-state index contributed by atoms with van der Waals surface area (Å²) in [6.45, 7) is 2.84. The minimum atomic E-state index is 1.02. The van der Waals surface area contributed by atoms with Gasteiger partial charge in [0.1, 0.15) is 0 Å². The van der Waals surface area contributed by atoms with E-state index in [1.807, 2.05) is 0 Å². The fourth-order valence-electron chi connectivity index (χ4n) is 3.11. The topological polar surface area (TPSA) is 3.24 Å². The Morgan fingerprint density at radius 3 is 1.77 bits per heavy atom. The summed E-state index contributed by atoms with van der Waals surface area (Å²) in [5, 5.41) is 0. The molecule has 1 nitrogen and oxygen atoms in total. The van der Waals surface area contributed by atoms with Gasteiger partial charge in [0.05, 0.1) is 0 Å². The largest absolute Gasteiger partial charge is 0.300 e. The van der Waals surface area contributed by atoms with E-state index in [0.29, 0.717) is 0 Å².